The lowest BCUT2D eigenvalue weighted by Crippen LogP contribution is -2.51. The van der Waals surface area contributed by atoms with E-state index in [2.05, 4.69) is 11.8 Å². The lowest BCUT2D eigenvalue weighted by atomic mass is 9.87. The van der Waals surface area contributed by atoms with Gasteiger partial charge in [0.15, 0.2) is 0 Å². The minimum absolute atomic E-state index is 0.150. The topological polar surface area (TPSA) is 43.7 Å². The number of nitrogens with zero attached hydrogens (tertiary/aromatic N) is 1. The highest BCUT2D eigenvalue weighted by Gasteiger charge is 2.33. The smallest absolute Gasteiger partial charge is 0.0696 e. The van der Waals surface area contributed by atoms with Crippen molar-refractivity contribution < 1.29 is 10.2 Å². The summed E-state index contributed by atoms with van der Waals surface area (Å²) in [6.07, 6.45) is 4.20. The minimum Gasteiger partial charge on any atom is -0.395 e. The van der Waals surface area contributed by atoms with Crippen molar-refractivity contribution in [3.63, 3.8) is 0 Å². The molecule has 1 rings (SSSR count). The van der Waals surface area contributed by atoms with E-state index in [0.717, 1.165) is 25.8 Å². The van der Waals surface area contributed by atoms with Gasteiger partial charge >= 0.3 is 0 Å². The zero-order valence-electron chi connectivity index (χ0n) is 8.45. The molecule has 3 nitrogen and oxygen atoms in total. The molecule has 0 amide bonds. The fourth-order valence-corrected chi connectivity index (χ4v) is 1.82. The fraction of sp³-hybridized carbons (Fsp3) is 1.00. The van der Waals surface area contributed by atoms with Crippen LogP contribution in [0.3, 0.4) is 0 Å². The summed E-state index contributed by atoms with van der Waals surface area (Å²) in [5.74, 6) is 0. The Morgan fingerprint density at radius 3 is 2.46 bits per heavy atom. The standard InChI is InChI=1S/C10H21NO2/c1-2-3-6-11(7-8-12)9-4-5-10(9)13/h9-10,12-13H,2-8H2,1H3. The van der Waals surface area contributed by atoms with Crippen LogP contribution in [0.1, 0.15) is 32.6 Å². The Bertz CT molecular complexity index is 141. The van der Waals surface area contributed by atoms with Gasteiger partial charge in [0.2, 0.25) is 0 Å². The summed E-state index contributed by atoms with van der Waals surface area (Å²) in [7, 11) is 0. The first kappa shape index (κ1) is 11.0. The van der Waals surface area contributed by atoms with E-state index < -0.39 is 0 Å². The minimum atomic E-state index is -0.150. The van der Waals surface area contributed by atoms with Gasteiger partial charge < -0.3 is 10.2 Å². The summed E-state index contributed by atoms with van der Waals surface area (Å²) in [6, 6.07) is 0.318. The second kappa shape index (κ2) is 5.58. The van der Waals surface area contributed by atoms with Crippen LogP contribution in [0, 0.1) is 0 Å². The molecule has 0 aliphatic heterocycles. The molecule has 0 radical (unpaired) electrons. The van der Waals surface area contributed by atoms with Crippen molar-refractivity contribution in [2.45, 2.75) is 44.8 Å². The summed E-state index contributed by atoms with van der Waals surface area (Å²) in [5, 5.41) is 18.3. The summed E-state index contributed by atoms with van der Waals surface area (Å²) in [6.45, 7) is 4.09. The van der Waals surface area contributed by atoms with Gasteiger partial charge in [-0.3, -0.25) is 4.90 Å². The Morgan fingerprint density at radius 1 is 1.31 bits per heavy atom. The van der Waals surface area contributed by atoms with E-state index in [9.17, 15) is 5.11 Å². The summed E-state index contributed by atoms with van der Waals surface area (Å²) in [4.78, 5) is 2.22. The molecule has 0 aromatic rings. The van der Waals surface area contributed by atoms with Crippen molar-refractivity contribution in [1.82, 2.24) is 4.90 Å². The maximum Gasteiger partial charge on any atom is 0.0696 e. The molecular weight excluding hydrogens is 166 g/mol. The van der Waals surface area contributed by atoms with E-state index in [4.69, 9.17) is 5.11 Å². The van der Waals surface area contributed by atoms with Crippen LogP contribution in [-0.2, 0) is 0 Å². The van der Waals surface area contributed by atoms with Crippen LogP contribution >= 0.6 is 0 Å². The van der Waals surface area contributed by atoms with Crippen LogP contribution in [0.2, 0.25) is 0 Å². The highest BCUT2D eigenvalue weighted by atomic mass is 16.3. The molecule has 78 valence electrons. The van der Waals surface area contributed by atoms with E-state index in [-0.39, 0.29) is 12.7 Å². The van der Waals surface area contributed by atoms with Gasteiger partial charge in [-0.2, -0.15) is 0 Å². The predicted octanol–water partition coefficient (Wildman–Crippen LogP) is 0.604. The monoisotopic (exact) mass is 187 g/mol. The molecule has 2 N–H and O–H groups in total. The average molecular weight is 187 g/mol. The SMILES string of the molecule is CCCCN(CCO)C1CCC1O. The van der Waals surface area contributed by atoms with E-state index in [1.165, 1.54) is 6.42 Å². The Kier molecular flexibility index (Phi) is 4.70. The fourth-order valence-electron chi connectivity index (χ4n) is 1.82. The quantitative estimate of drug-likeness (QED) is 0.640. The lowest BCUT2D eigenvalue weighted by Gasteiger charge is -2.41. The van der Waals surface area contributed by atoms with Crippen LogP contribution in [-0.4, -0.2) is 47.0 Å². The largest absolute Gasteiger partial charge is 0.395 e. The third kappa shape index (κ3) is 2.93. The highest BCUT2D eigenvalue weighted by Crippen LogP contribution is 2.25. The van der Waals surface area contributed by atoms with Gasteiger partial charge in [-0.25, -0.2) is 0 Å². The van der Waals surface area contributed by atoms with Crippen molar-refractivity contribution in [1.29, 1.82) is 0 Å². The van der Waals surface area contributed by atoms with E-state index in [1.54, 1.807) is 0 Å². The number of hydrogen-bond acceptors (Lipinski definition) is 3. The molecule has 0 saturated heterocycles. The molecule has 2 atom stereocenters. The van der Waals surface area contributed by atoms with Gasteiger partial charge in [-0.1, -0.05) is 13.3 Å². The van der Waals surface area contributed by atoms with Gasteiger partial charge in [0.1, 0.15) is 0 Å². The summed E-state index contributed by atoms with van der Waals surface area (Å²) < 4.78 is 0. The third-order valence-corrected chi connectivity index (χ3v) is 2.86. The molecule has 0 bridgehead atoms. The van der Waals surface area contributed by atoms with Crippen LogP contribution in [0.15, 0.2) is 0 Å². The normalized spacial score (nSPS) is 27.7. The third-order valence-electron chi connectivity index (χ3n) is 2.86. The Labute approximate surface area is 80.4 Å². The van der Waals surface area contributed by atoms with E-state index in [0.29, 0.717) is 12.6 Å². The van der Waals surface area contributed by atoms with Crippen molar-refractivity contribution in [2.75, 3.05) is 19.7 Å². The molecule has 0 heterocycles. The Hall–Kier alpha value is -0.120. The average Bonchev–Trinajstić information content (AvgIpc) is 2.12. The van der Waals surface area contributed by atoms with E-state index >= 15 is 0 Å². The number of rotatable bonds is 6. The van der Waals surface area contributed by atoms with E-state index in [1.807, 2.05) is 0 Å². The van der Waals surface area contributed by atoms with Crippen LogP contribution < -0.4 is 0 Å². The summed E-state index contributed by atoms with van der Waals surface area (Å²) >= 11 is 0. The number of unbranched alkanes of at least 4 members (excludes halogenated alkanes) is 1. The van der Waals surface area contributed by atoms with Crippen LogP contribution in [0.25, 0.3) is 0 Å². The zero-order valence-corrected chi connectivity index (χ0v) is 8.45. The molecular formula is C10H21NO2. The molecule has 1 aliphatic carbocycles. The van der Waals surface area contributed by atoms with Gasteiger partial charge in [-0.15, -0.1) is 0 Å². The molecule has 1 aliphatic rings. The molecule has 1 saturated carbocycles. The second-order valence-electron chi connectivity index (χ2n) is 3.83. The molecule has 2 unspecified atom stereocenters. The number of aliphatic hydroxyl groups is 2. The van der Waals surface area contributed by atoms with Crippen LogP contribution in [0.5, 0.6) is 0 Å². The van der Waals surface area contributed by atoms with Gasteiger partial charge in [0.05, 0.1) is 12.7 Å². The molecule has 0 spiro atoms. The van der Waals surface area contributed by atoms with Crippen molar-refractivity contribution >= 4 is 0 Å². The Balaban J connectivity index is 2.28. The van der Waals surface area contributed by atoms with Crippen molar-refractivity contribution in [3.8, 4) is 0 Å². The molecule has 0 aromatic heterocycles. The molecule has 1 fully saturated rings. The molecule has 13 heavy (non-hydrogen) atoms. The highest BCUT2D eigenvalue weighted by molar-refractivity contribution is 4.88. The van der Waals surface area contributed by atoms with Gasteiger partial charge in [0.25, 0.3) is 0 Å². The number of hydrogen-bond donors (Lipinski definition) is 2. The maximum atomic E-state index is 9.48. The molecule has 0 aromatic carbocycles. The Morgan fingerprint density at radius 2 is 2.08 bits per heavy atom. The van der Waals surface area contributed by atoms with Crippen molar-refractivity contribution in [3.05, 3.63) is 0 Å². The first-order valence-corrected chi connectivity index (χ1v) is 5.32. The maximum absolute atomic E-state index is 9.48. The van der Waals surface area contributed by atoms with Crippen molar-refractivity contribution in [2.24, 2.45) is 0 Å². The van der Waals surface area contributed by atoms with Crippen LogP contribution in [0.4, 0.5) is 0 Å². The number of aliphatic hydroxyl groups excluding tert-OH is 2. The van der Waals surface area contributed by atoms with Gasteiger partial charge in [0, 0.05) is 12.6 Å². The summed E-state index contributed by atoms with van der Waals surface area (Å²) in [5.41, 5.74) is 0. The zero-order chi connectivity index (χ0) is 9.68. The molecule has 3 heteroatoms. The predicted molar refractivity (Wildman–Crippen MR) is 52.6 cm³/mol. The second-order valence-corrected chi connectivity index (χ2v) is 3.83. The first-order valence-electron chi connectivity index (χ1n) is 5.32. The lowest BCUT2D eigenvalue weighted by molar-refractivity contribution is -0.0267. The van der Waals surface area contributed by atoms with Gasteiger partial charge in [-0.05, 0) is 25.8 Å². The first-order chi connectivity index (χ1) is 6.29.